The van der Waals surface area contributed by atoms with Crippen LogP contribution in [0, 0.1) is 0 Å². The van der Waals surface area contributed by atoms with Gasteiger partial charge in [-0.2, -0.15) is 0 Å². The molecular formula is C24H20ClN5O5S. The Morgan fingerprint density at radius 2 is 2.17 bits per heavy atom. The summed E-state index contributed by atoms with van der Waals surface area (Å²) in [6.45, 7) is 4.60. The molecular weight excluding hydrogens is 506 g/mol. The molecule has 36 heavy (non-hydrogen) atoms. The van der Waals surface area contributed by atoms with Crippen LogP contribution >= 0.6 is 22.9 Å². The summed E-state index contributed by atoms with van der Waals surface area (Å²) in [5.41, 5.74) is 1.28. The third kappa shape index (κ3) is 3.54. The number of anilines is 3. The third-order valence-electron chi connectivity index (χ3n) is 6.38. The van der Waals surface area contributed by atoms with E-state index in [1.165, 1.54) is 22.3 Å². The van der Waals surface area contributed by atoms with Crippen LogP contribution in [-0.4, -0.2) is 53.7 Å². The number of nitrogens with zero attached hydrogens (tertiary/aromatic N) is 3. The van der Waals surface area contributed by atoms with Crippen LogP contribution in [0.1, 0.15) is 22.5 Å². The lowest BCUT2D eigenvalue weighted by atomic mass is 10.1. The molecule has 2 N–H and O–H groups in total. The van der Waals surface area contributed by atoms with E-state index < -0.39 is 6.03 Å². The lowest BCUT2D eigenvalue weighted by molar-refractivity contribution is -0.127. The van der Waals surface area contributed by atoms with Crippen LogP contribution in [0.25, 0.3) is 10.2 Å². The van der Waals surface area contributed by atoms with Crippen LogP contribution in [0.4, 0.5) is 21.9 Å². The van der Waals surface area contributed by atoms with Gasteiger partial charge in [-0.15, -0.1) is 11.3 Å². The van der Waals surface area contributed by atoms with Crippen LogP contribution in [0.3, 0.4) is 0 Å². The number of halogens is 1. The van der Waals surface area contributed by atoms with Crippen LogP contribution < -0.4 is 25.0 Å². The van der Waals surface area contributed by atoms with Gasteiger partial charge in [0.2, 0.25) is 12.7 Å². The van der Waals surface area contributed by atoms with E-state index in [1.807, 2.05) is 0 Å². The highest BCUT2D eigenvalue weighted by molar-refractivity contribution is 7.21. The summed E-state index contributed by atoms with van der Waals surface area (Å²) in [5.74, 6) is 0.365. The van der Waals surface area contributed by atoms with Crippen molar-refractivity contribution in [3.05, 3.63) is 47.0 Å². The number of benzene rings is 1. The van der Waals surface area contributed by atoms with Crippen molar-refractivity contribution in [1.29, 1.82) is 0 Å². The number of fused-ring (bicyclic) bond motifs is 1. The van der Waals surface area contributed by atoms with Crippen molar-refractivity contribution in [2.75, 3.05) is 30.1 Å². The van der Waals surface area contributed by atoms with E-state index in [0.29, 0.717) is 61.8 Å². The number of piperidine rings is 1. The molecule has 1 atom stereocenters. The molecule has 184 valence electrons. The average molecular weight is 526 g/mol. The predicted molar refractivity (Wildman–Crippen MR) is 136 cm³/mol. The maximum atomic E-state index is 13.4. The molecule has 10 nitrogen and oxygen atoms in total. The van der Waals surface area contributed by atoms with E-state index in [1.54, 1.807) is 29.3 Å². The first kappa shape index (κ1) is 22.6. The molecule has 3 aliphatic rings. The Bertz CT molecular complexity index is 1460. The normalized spacial score (nSPS) is 18.2. The van der Waals surface area contributed by atoms with E-state index in [9.17, 15) is 14.4 Å². The fraction of sp³-hybridized carbons (Fsp3) is 0.250. The first-order valence-electron chi connectivity index (χ1n) is 11.3. The number of amides is 4. The first-order chi connectivity index (χ1) is 17.5. The second-order valence-electron chi connectivity index (χ2n) is 8.51. The Morgan fingerprint density at radius 3 is 3.00 bits per heavy atom. The number of nitrogens with one attached hydrogen (secondary N) is 2. The van der Waals surface area contributed by atoms with Crippen molar-refractivity contribution < 1.29 is 23.9 Å². The van der Waals surface area contributed by atoms with E-state index >= 15 is 0 Å². The Balaban J connectivity index is 1.37. The van der Waals surface area contributed by atoms with Gasteiger partial charge in [-0.1, -0.05) is 18.2 Å². The first-order valence-corrected chi connectivity index (χ1v) is 12.5. The number of urea groups is 1. The Morgan fingerprint density at radius 1 is 1.31 bits per heavy atom. The number of thiophene rings is 1. The molecule has 1 saturated heterocycles. The van der Waals surface area contributed by atoms with Crippen molar-refractivity contribution in [3.8, 4) is 11.5 Å². The number of rotatable bonds is 4. The van der Waals surface area contributed by atoms with Crippen molar-refractivity contribution in [3.63, 3.8) is 0 Å². The quantitative estimate of drug-likeness (QED) is 0.492. The highest BCUT2D eigenvalue weighted by Crippen LogP contribution is 2.52. The number of pyridine rings is 1. The van der Waals surface area contributed by atoms with Crippen LogP contribution in [0.2, 0.25) is 5.02 Å². The molecule has 3 aromatic rings. The van der Waals surface area contributed by atoms with E-state index in [-0.39, 0.29) is 24.6 Å². The van der Waals surface area contributed by atoms with Crippen molar-refractivity contribution in [2.24, 2.45) is 0 Å². The number of carbonyl (C=O) groups is 3. The zero-order valence-corrected chi connectivity index (χ0v) is 20.4. The second-order valence-corrected chi connectivity index (χ2v) is 9.92. The van der Waals surface area contributed by atoms with Crippen LogP contribution in [0.15, 0.2) is 37.1 Å². The summed E-state index contributed by atoms with van der Waals surface area (Å²) in [6, 6.07) is 4.32. The smallest absolute Gasteiger partial charge is 0.331 e. The number of hydrogen-bond donors (Lipinski definition) is 2. The van der Waals surface area contributed by atoms with Gasteiger partial charge in [-0.3, -0.25) is 14.5 Å². The standard InChI is InChI=1S/C24H20ClN5O5S/c1-2-16(31)29-9-3-4-12(10-29)27-22(32)21-18-17-14(7-8-26-23(17)36-21)30(24(33)28-18)19-13(25)5-6-15-20(19)35-11-34-15/h2,5-8,12H,1,3-4,9-11H2,(H,27,32)(H,28,33)/t12-/m0/s1. The topological polar surface area (TPSA) is 113 Å². The minimum atomic E-state index is -0.492. The lowest BCUT2D eigenvalue weighted by Crippen LogP contribution is -2.49. The summed E-state index contributed by atoms with van der Waals surface area (Å²) >= 11 is 7.70. The number of ether oxygens (including phenoxy) is 2. The molecule has 0 spiro atoms. The van der Waals surface area contributed by atoms with Gasteiger partial charge in [-0.25, -0.2) is 9.78 Å². The van der Waals surface area contributed by atoms with Gasteiger partial charge in [0.25, 0.3) is 5.91 Å². The van der Waals surface area contributed by atoms with Gasteiger partial charge in [0, 0.05) is 25.3 Å². The average Bonchev–Trinajstić information content (AvgIpc) is 3.50. The molecule has 5 heterocycles. The zero-order valence-electron chi connectivity index (χ0n) is 18.9. The molecule has 2 aromatic heterocycles. The van der Waals surface area contributed by atoms with Gasteiger partial charge in [0.05, 0.1) is 21.8 Å². The van der Waals surface area contributed by atoms with Crippen LogP contribution in [-0.2, 0) is 4.79 Å². The summed E-state index contributed by atoms with van der Waals surface area (Å²) in [5, 5.41) is 6.82. The molecule has 0 unspecified atom stereocenters. The van der Waals surface area contributed by atoms with Gasteiger partial charge < -0.3 is 25.0 Å². The monoisotopic (exact) mass is 525 g/mol. The van der Waals surface area contributed by atoms with Crippen molar-refractivity contribution in [2.45, 2.75) is 18.9 Å². The maximum Gasteiger partial charge on any atom is 0.331 e. The lowest BCUT2D eigenvalue weighted by Gasteiger charge is -2.32. The van der Waals surface area contributed by atoms with Gasteiger partial charge in [0.15, 0.2) is 11.5 Å². The Kier molecular flexibility index (Phi) is 5.45. The molecule has 0 bridgehead atoms. The zero-order chi connectivity index (χ0) is 25.0. The Labute approximate surface area is 214 Å². The van der Waals surface area contributed by atoms with Crippen molar-refractivity contribution >= 4 is 68.1 Å². The minimum absolute atomic E-state index is 0.0227. The fourth-order valence-electron chi connectivity index (χ4n) is 4.78. The number of aromatic nitrogens is 1. The highest BCUT2D eigenvalue weighted by Gasteiger charge is 2.37. The molecule has 4 amide bonds. The van der Waals surface area contributed by atoms with Crippen LogP contribution in [0.5, 0.6) is 11.5 Å². The van der Waals surface area contributed by atoms with Gasteiger partial charge in [0.1, 0.15) is 15.4 Å². The number of likely N-dealkylation sites (tertiary alicyclic amines) is 1. The summed E-state index contributed by atoms with van der Waals surface area (Å²) < 4.78 is 11.1. The number of hydrogen-bond acceptors (Lipinski definition) is 7. The third-order valence-corrected chi connectivity index (χ3v) is 7.78. The SMILES string of the molecule is C=CC(=O)N1CCC[C@H](NC(=O)c2sc3nccc4c3c2NC(=O)N4c2c(Cl)ccc3c2OCO3)C1. The predicted octanol–water partition coefficient (Wildman–Crippen LogP) is 4.27. The molecule has 0 radical (unpaired) electrons. The fourth-order valence-corrected chi connectivity index (χ4v) is 6.04. The molecule has 0 saturated carbocycles. The summed E-state index contributed by atoms with van der Waals surface area (Å²) in [7, 11) is 0. The minimum Gasteiger partial charge on any atom is -0.454 e. The Hall–Kier alpha value is -3.83. The molecule has 6 rings (SSSR count). The van der Waals surface area contributed by atoms with Crippen molar-refractivity contribution in [1.82, 2.24) is 15.2 Å². The molecule has 1 aromatic carbocycles. The van der Waals surface area contributed by atoms with Gasteiger partial charge >= 0.3 is 6.03 Å². The highest BCUT2D eigenvalue weighted by atomic mass is 35.5. The van der Waals surface area contributed by atoms with E-state index in [4.69, 9.17) is 21.1 Å². The van der Waals surface area contributed by atoms with E-state index in [0.717, 1.165) is 12.8 Å². The van der Waals surface area contributed by atoms with E-state index in [2.05, 4.69) is 22.2 Å². The second kappa shape index (κ2) is 8.68. The largest absolute Gasteiger partial charge is 0.454 e. The molecule has 12 heteroatoms. The number of carbonyl (C=O) groups excluding carboxylic acids is 3. The van der Waals surface area contributed by atoms with Gasteiger partial charge in [-0.05, 0) is 37.1 Å². The summed E-state index contributed by atoms with van der Waals surface area (Å²) in [6.07, 6.45) is 4.38. The maximum absolute atomic E-state index is 13.4. The molecule has 1 fully saturated rings. The molecule has 0 aliphatic carbocycles. The molecule has 3 aliphatic heterocycles. The summed E-state index contributed by atoms with van der Waals surface area (Å²) in [4.78, 5) is 47.2.